The van der Waals surface area contributed by atoms with Crippen molar-refractivity contribution in [3.8, 4) is 10.6 Å². The zero-order valence-electron chi connectivity index (χ0n) is 11.1. The number of rotatable bonds is 2. The monoisotopic (exact) mass is 327 g/mol. The average Bonchev–Trinajstić information content (AvgIpc) is 3.13. The van der Waals surface area contributed by atoms with Crippen molar-refractivity contribution in [3.05, 3.63) is 41.0 Å². The van der Waals surface area contributed by atoms with Crippen LogP contribution in [0.25, 0.3) is 16.2 Å². The van der Waals surface area contributed by atoms with Crippen LogP contribution in [0.5, 0.6) is 0 Å². The van der Waals surface area contributed by atoms with Crippen LogP contribution in [0, 0.1) is 0 Å². The summed E-state index contributed by atoms with van der Waals surface area (Å²) in [7, 11) is 1.15. The molecule has 0 bridgehead atoms. The zero-order valence-corrected chi connectivity index (χ0v) is 11.9. The molecule has 0 aliphatic heterocycles. The van der Waals surface area contributed by atoms with Crippen molar-refractivity contribution in [3.63, 3.8) is 0 Å². The van der Waals surface area contributed by atoms with E-state index in [4.69, 9.17) is 0 Å². The van der Waals surface area contributed by atoms with E-state index in [0.717, 1.165) is 11.6 Å². The third kappa shape index (κ3) is 2.33. The third-order valence-corrected chi connectivity index (χ3v) is 3.81. The molecule has 3 aromatic rings. The maximum Gasteiger partial charge on any atom is 0.453 e. The summed E-state index contributed by atoms with van der Waals surface area (Å²) in [6, 6.07) is 6.40. The van der Waals surface area contributed by atoms with Crippen LogP contribution in [0.1, 0.15) is 16.2 Å². The van der Waals surface area contributed by atoms with Gasteiger partial charge in [0.1, 0.15) is 5.56 Å². The summed E-state index contributed by atoms with van der Waals surface area (Å²) in [4.78, 5) is 15.9. The zero-order chi connectivity index (χ0) is 15.9. The molecule has 9 heteroatoms. The first-order chi connectivity index (χ1) is 10.4. The Balaban J connectivity index is 2.32. The molecule has 114 valence electrons. The van der Waals surface area contributed by atoms with Gasteiger partial charge in [-0.3, -0.25) is 0 Å². The fraction of sp³-hybridized carbons (Fsp3) is 0.154. The molecule has 3 aromatic heterocycles. The number of hydrogen-bond donors (Lipinski definition) is 0. The predicted molar refractivity (Wildman–Crippen MR) is 72.6 cm³/mol. The highest BCUT2D eigenvalue weighted by Gasteiger charge is 2.37. The van der Waals surface area contributed by atoms with E-state index < -0.39 is 18.0 Å². The minimum atomic E-state index is -4.70. The molecule has 0 atom stereocenters. The van der Waals surface area contributed by atoms with Crippen LogP contribution in [-0.4, -0.2) is 27.7 Å². The SMILES string of the molecule is COC(=O)c1ccc(-c2cccs2)n2nc(C(F)(F)F)nc12. The van der Waals surface area contributed by atoms with Crippen molar-refractivity contribution >= 4 is 23.0 Å². The molecule has 3 heterocycles. The Hall–Kier alpha value is -2.42. The number of carbonyl (C=O) groups excluding carboxylic acids is 1. The molecule has 0 fully saturated rings. The molecule has 0 aliphatic rings. The van der Waals surface area contributed by atoms with Crippen molar-refractivity contribution in [2.24, 2.45) is 0 Å². The molecule has 22 heavy (non-hydrogen) atoms. The average molecular weight is 327 g/mol. The lowest BCUT2D eigenvalue weighted by Gasteiger charge is -2.05. The molecule has 5 nitrogen and oxygen atoms in total. The molecule has 0 N–H and O–H groups in total. The number of thiophene rings is 1. The summed E-state index contributed by atoms with van der Waals surface area (Å²) in [5, 5.41) is 5.29. The number of methoxy groups -OCH3 is 1. The topological polar surface area (TPSA) is 56.5 Å². The van der Waals surface area contributed by atoms with Gasteiger partial charge in [-0.2, -0.15) is 13.2 Å². The van der Waals surface area contributed by atoms with Gasteiger partial charge in [0.05, 0.1) is 17.7 Å². The van der Waals surface area contributed by atoms with Crippen molar-refractivity contribution in [2.75, 3.05) is 7.11 Å². The molecule has 0 spiro atoms. The highest BCUT2D eigenvalue weighted by Crippen LogP contribution is 2.31. The Labute approximate surface area is 126 Å². The number of fused-ring (bicyclic) bond motifs is 1. The van der Waals surface area contributed by atoms with Gasteiger partial charge in [-0.05, 0) is 23.6 Å². The van der Waals surface area contributed by atoms with Crippen molar-refractivity contribution < 1.29 is 22.7 Å². The number of carbonyl (C=O) groups is 1. The molecule has 0 unspecified atom stereocenters. The molecular formula is C13H8F3N3O2S. The lowest BCUT2D eigenvalue weighted by atomic mass is 10.2. The van der Waals surface area contributed by atoms with E-state index >= 15 is 0 Å². The smallest absolute Gasteiger partial charge is 0.453 e. The van der Waals surface area contributed by atoms with E-state index in [0.29, 0.717) is 10.6 Å². The van der Waals surface area contributed by atoms with Gasteiger partial charge < -0.3 is 4.74 Å². The van der Waals surface area contributed by atoms with Gasteiger partial charge in [-0.15, -0.1) is 16.4 Å². The van der Waals surface area contributed by atoms with Gasteiger partial charge in [0.15, 0.2) is 5.65 Å². The highest BCUT2D eigenvalue weighted by atomic mass is 32.1. The fourth-order valence-corrected chi connectivity index (χ4v) is 2.70. The van der Waals surface area contributed by atoms with Crippen LogP contribution in [0.15, 0.2) is 29.6 Å². The van der Waals surface area contributed by atoms with Gasteiger partial charge in [-0.1, -0.05) is 6.07 Å². The first kappa shape index (κ1) is 14.5. The van der Waals surface area contributed by atoms with Gasteiger partial charge in [0, 0.05) is 0 Å². The number of hydrogen-bond acceptors (Lipinski definition) is 5. The molecular weight excluding hydrogens is 319 g/mol. The standard InChI is InChI=1S/C13H8F3N3O2S/c1-21-11(20)7-4-5-8(9-3-2-6-22-9)19-10(7)17-12(18-19)13(14,15)16/h2-6H,1H3. The normalized spacial score (nSPS) is 11.8. The summed E-state index contributed by atoms with van der Waals surface area (Å²) in [5.41, 5.74) is 0.150. The quantitative estimate of drug-likeness (QED) is 0.678. The fourth-order valence-electron chi connectivity index (χ4n) is 1.96. The molecule has 0 radical (unpaired) electrons. The number of ether oxygens (including phenoxy) is 1. The number of halogens is 3. The summed E-state index contributed by atoms with van der Waals surface area (Å²) in [6.45, 7) is 0. The Morgan fingerprint density at radius 3 is 2.68 bits per heavy atom. The van der Waals surface area contributed by atoms with Gasteiger partial charge in [0.25, 0.3) is 5.82 Å². The van der Waals surface area contributed by atoms with Gasteiger partial charge >= 0.3 is 12.1 Å². The first-order valence-corrected chi connectivity index (χ1v) is 6.89. The minimum Gasteiger partial charge on any atom is -0.465 e. The van der Waals surface area contributed by atoms with Crippen LogP contribution < -0.4 is 0 Å². The van der Waals surface area contributed by atoms with Crippen LogP contribution in [0.2, 0.25) is 0 Å². The Morgan fingerprint density at radius 2 is 2.09 bits per heavy atom. The summed E-state index contributed by atoms with van der Waals surface area (Å²) >= 11 is 1.34. The Morgan fingerprint density at radius 1 is 1.32 bits per heavy atom. The van der Waals surface area contributed by atoms with Gasteiger partial charge in [-0.25, -0.2) is 14.3 Å². The van der Waals surface area contributed by atoms with Crippen molar-refractivity contribution in [1.82, 2.24) is 14.6 Å². The molecule has 0 aliphatic carbocycles. The lowest BCUT2D eigenvalue weighted by molar-refractivity contribution is -0.144. The Kier molecular flexibility index (Phi) is 3.36. The molecule has 0 aromatic carbocycles. The second kappa shape index (κ2) is 5.09. The number of esters is 1. The van der Waals surface area contributed by atoms with Crippen molar-refractivity contribution in [2.45, 2.75) is 6.18 Å². The lowest BCUT2D eigenvalue weighted by Crippen LogP contribution is -2.07. The van der Waals surface area contributed by atoms with E-state index in [1.165, 1.54) is 23.5 Å². The molecule has 0 amide bonds. The molecule has 0 saturated carbocycles. The maximum atomic E-state index is 12.9. The number of aromatic nitrogens is 3. The van der Waals surface area contributed by atoms with Crippen LogP contribution in [0.4, 0.5) is 13.2 Å². The van der Waals surface area contributed by atoms with Crippen LogP contribution >= 0.6 is 11.3 Å². The summed E-state index contributed by atoms with van der Waals surface area (Å²) in [5.74, 6) is -2.08. The van der Waals surface area contributed by atoms with E-state index in [2.05, 4.69) is 14.8 Å². The second-order valence-corrected chi connectivity index (χ2v) is 5.22. The summed E-state index contributed by atoms with van der Waals surface area (Å²) in [6.07, 6.45) is -4.70. The van der Waals surface area contributed by atoms with E-state index in [1.54, 1.807) is 17.5 Å². The predicted octanol–water partition coefficient (Wildman–Crippen LogP) is 3.26. The Bertz CT molecular complexity index is 840. The third-order valence-electron chi connectivity index (χ3n) is 2.92. The van der Waals surface area contributed by atoms with Crippen LogP contribution in [0.3, 0.4) is 0 Å². The minimum absolute atomic E-state index is 0.0780. The summed E-state index contributed by atoms with van der Waals surface area (Å²) < 4.78 is 44.2. The van der Waals surface area contributed by atoms with E-state index in [1.807, 2.05) is 0 Å². The van der Waals surface area contributed by atoms with Gasteiger partial charge in [0.2, 0.25) is 0 Å². The molecule has 3 rings (SSSR count). The number of alkyl halides is 3. The number of pyridine rings is 1. The largest absolute Gasteiger partial charge is 0.465 e. The number of nitrogens with zero attached hydrogens (tertiary/aromatic N) is 3. The van der Waals surface area contributed by atoms with Crippen LogP contribution in [-0.2, 0) is 10.9 Å². The maximum absolute atomic E-state index is 12.9. The second-order valence-electron chi connectivity index (χ2n) is 4.27. The molecule has 0 saturated heterocycles. The highest BCUT2D eigenvalue weighted by molar-refractivity contribution is 7.13. The van der Waals surface area contributed by atoms with E-state index in [9.17, 15) is 18.0 Å². The van der Waals surface area contributed by atoms with Crippen molar-refractivity contribution in [1.29, 1.82) is 0 Å². The first-order valence-electron chi connectivity index (χ1n) is 6.01. The van der Waals surface area contributed by atoms with E-state index in [-0.39, 0.29) is 11.2 Å².